The number of hydrogen-bond donors (Lipinski definition) is 1. The van der Waals surface area contributed by atoms with Crippen molar-refractivity contribution in [2.75, 3.05) is 20.1 Å². The molecular weight excluding hydrogens is 200 g/mol. The Morgan fingerprint density at radius 2 is 2.06 bits per heavy atom. The zero-order chi connectivity index (χ0) is 11.5. The maximum absolute atomic E-state index is 12.3. The van der Waals surface area contributed by atoms with Crippen LogP contribution < -0.4 is 5.32 Å². The minimum atomic E-state index is 0.0602. The van der Waals surface area contributed by atoms with Gasteiger partial charge in [0.15, 0.2) is 0 Å². The van der Waals surface area contributed by atoms with E-state index in [1.807, 2.05) is 7.05 Å². The van der Waals surface area contributed by atoms with Crippen molar-refractivity contribution < 1.29 is 4.79 Å². The Hall–Kier alpha value is -0.570. The van der Waals surface area contributed by atoms with Crippen molar-refractivity contribution in [2.24, 2.45) is 11.8 Å². The van der Waals surface area contributed by atoms with Gasteiger partial charge in [-0.1, -0.05) is 13.3 Å². The second-order valence-corrected chi connectivity index (χ2v) is 5.56. The summed E-state index contributed by atoms with van der Waals surface area (Å²) < 4.78 is 0. The Morgan fingerprint density at radius 1 is 1.31 bits per heavy atom. The van der Waals surface area contributed by atoms with Gasteiger partial charge < -0.3 is 10.2 Å². The zero-order valence-corrected chi connectivity index (χ0v) is 10.5. The molecule has 1 saturated carbocycles. The smallest absolute Gasteiger partial charge is 0.239 e. The Kier molecular flexibility index (Phi) is 3.85. The summed E-state index contributed by atoms with van der Waals surface area (Å²) in [4.78, 5) is 14.4. The predicted molar refractivity (Wildman–Crippen MR) is 65.2 cm³/mol. The number of amides is 1. The van der Waals surface area contributed by atoms with E-state index in [9.17, 15) is 4.79 Å². The molecule has 1 heterocycles. The van der Waals surface area contributed by atoms with Crippen LogP contribution in [0.2, 0.25) is 0 Å². The zero-order valence-electron chi connectivity index (χ0n) is 10.5. The molecule has 2 atom stereocenters. The lowest BCUT2D eigenvalue weighted by Gasteiger charge is -2.33. The van der Waals surface area contributed by atoms with Gasteiger partial charge in [-0.05, 0) is 44.6 Å². The van der Waals surface area contributed by atoms with E-state index in [0.717, 1.165) is 25.4 Å². The van der Waals surface area contributed by atoms with Crippen LogP contribution in [0.3, 0.4) is 0 Å². The first-order valence-electron chi connectivity index (χ1n) is 6.66. The molecule has 3 heteroatoms. The van der Waals surface area contributed by atoms with Crippen LogP contribution in [0.5, 0.6) is 0 Å². The van der Waals surface area contributed by atoms with Crippen molar-refractivity contribution in [2.45, 2.75) is 45.1 Å². The number of rotatable bonds is 3. The Morgan fingerprint density at radius 3 is 2.62 bits per heavy atom. The molecule has 0 bridgehead atoms. The normalized spacial score (nSPS) is 32.4. The summed E-state index contributed by atoms with van der Waals surface area (Å²) in [6.45, 7) is 4.23. The Balaban J connectivity index is 1.97. The van der Waals surface area contributed by atoms with Crippen molar-refractivity contribution in [3.8, 4) is 0 Å². The lowest BCUT2D eigenvalue weighted by atomic mass is 9.85. The van der Waals surface area contributed by atoms with Gasteiger partial charge in [-0.2, -0.15) is 0 Å². The van der Waals surface area contributed by atoms with Crippen LogP contribution >= 0.6 is 0 Å². The molecule has 1 N–H and O–H groups in total. The molecule has 1 aliphatic heterocycles. The monoisotopic (exact) mass is 224 g/mol. The Labute approximate surface area is 98.6 Å². The number of likely N-dealkylation sites (N-methyl/N-ethyl adjacent to an activating group) is 1. The first-order valence-corrected chi connectivity index (χ1v) is 6.66. The molecule has 16 heavy (non-hydrogen) atoms. The molecule has 2 rings (SSSR count). The number of carbonyl (C=O) groups excluding carboxylic acids is 1. The summed E-state index contributed by atoms with van der Waals surface area (Å²) in [7, 11) is 1.90. The lowest BCUT2D eigenvalue weighted by Crippen LogP contribution is -2.46. The van der Waals surface area contributed by atoms with Crippen molar-refractivity contribution in [1.29, 1.82) is 0 Å². The Bertz CT molecular complexity index is 250. The van der Waals surface area contributed by atoms with Gasteiger partial charge >= 0.3 is 0 Å². The second-order valence-electron chi connectivity index (χ2n) is 5.56. The van der Waals surface area contributed by atoms with Gasteiger partial charge in [0.1, 0.15) is 0 Å². The molecule has 2 unspecified atom stereocenters. The first-order chi connectivity index (χ1) is 7.70. The minimum absolute atomic E-state index is 0.0602. The average Bonchev–Trinajstić information content (AvgIpc) is 2.33. The third kappa shape index (κ3) is 2.57. The summed E-state index contributed by atoms with van der Waals surface area (Å²) in [5.41, 5.74) is 0. The summed E-state index contributed by atoms with van der Waals surface area (Å²) in [6.07, 6.45) is 6.17. The molecule has 2 fully saturated rings. The summed E-state index contributed by atoms with van der Waals surface area (Å²) >= 11 is 0. The van der Waals surface area contributed by atoms with Gasteiger partial charge in [0.05, 0.1) is 6.04 Å². The fraction of sp³-hybridized carbons (Fsp3) is 0.923. The third-order valence-electron chi connectivity index (χ3n) is 4.14. The van der Waals surface area contributed by atoms with E-state index in [1.54, 1.807) is 0 Å². The number of carbonyl (C=O) groups is 1. The topological polar surface area (TPSA) is 32.3 Å². The van der Waals surface area contributed by atoms with Crippen LogP contribution in [-0.2, 0) is 4.79 Å². The highest BCUT2D eigenvalue weighted by molar-refractivity contribution is 5.82. The molecule has 0 aromatic rings. The predicted octanol–water partition coefficient (Wildman–Crippen LogP) is 1.63. The minimum Gasteiger partial charge on any atom is -0.341 e. The quantitative estimate of drug-likeness (QED) is 0.790. The SMILES string of the molecule is CNC1CCC(C)CN(CC2CCC2)C1=O. The van der Waals surface area contributed by atoms with Gasteiger partial charge in [-0.25, -0.2) is 0 Å². The highest BCUT2D eigenvalue weighted by atomic mass is 16.2. The molecule has 92 valence electrons. The molecule has 1 amide bonds. The first kappa shape index (κ1) is 11.9. The summed E-state index contributed by atoms with van der Waals surface area (Å²) in [5, 5.41) is 3.16. The standard InChI is InChI=1S/C13H24N2O/c1-10-6-7-12(14-2)13(16)15(8-10)9-11-4-3-5-11/h10-12,14H,3-9H2,1-2H3. The van der Waals surface area contributed by atoms with Gasteiger partial charge in [-0.15, -0.1) is 0 Å². The van der Waals surface area contributed by atoms with Crippen LogP contribution in [0.15, 0.2) is 0 Å². The molecular formula is C13H24N2O. The van der Waals surface area contributed by atoms with E-state index in [0.29, 0.717) is 11.8 Å². The van der Waals surface area contributed by atoms with Crippen LogP contribution in [0.1, 0.15) is 39.0 Å². The van der Waals surface area contributed by atoms with E-state index in [4.69, 9.17) is 0 Å². The number of likely N-dealkylation sites (tertiary alicyclic amines) is 1. The molecule has 2 aliphatic rings. The van der Waals surface area contributed by atoms with E-state index in [-0.39, 0.29) is 6.04 Å². The van der Waals surface area contributed by atoms with Gasteiger partial charge in [0.25, 0.3) is 0 Å². The van der Waals surface area contributed by atoms with Gasteiger partial charge in [0.2, 0.25) is 5.91 Å². The molecule has 1 aliphatic carbocycles. The number of nitrogens with zero attached hydrogens (tertiary/aromatic N) is 1. The number of nitrogens with one attached hydrogen (secondary N) is 1. The maximum Gasteiger partial charge on any atom is 0.239 e. The van der Waals surface area contributed by atoms with Crippen molar-refractivity contribution in [3.63, 3.8) is 0 Å². The van der Waals surface area contributed by atoms with Crippen LogP contribution in [0, 0.1) is 11.8 Å². The largest absolute Gasteiger partial charge is 0.341 e. The molecule has 0 aromatic carbocycles. The van der Waals surface area contributed by atoms with Crippen molar-refractivity contribution in [1.82, 2.24) is 10.2 Å². The fourth-order valence-electron chi connectivity index (χ4n) is 2.77. The summed E-state index contributed by atoms with van der Waals surface area (Å²) in [5.74, 6) is 1.77. The van der Waals surface area contributed by atoms with E-state index in [2.05, 4.69) is 17.1 Å². The van der Waals surface area contributed by atoms with E-state index < -0.39 is 0 Å². The second kappa shape index (κ2) is 5.17. The average molecular weight is 224 g/mol. The van der Waals surface area contributed by atoms with Gasteiger partial charge in [-0.3, -0.25) is 4.79 Å². The maximum atomic E-state index is 12.3. The fourth-order valence-corrected chi connectivity index (χ4v) is 2.77. The lowest BCUT2D eigenvalue weighted by molar-refractivity contribution is -0.134. The molecule has 0 radical (unpaired) electrons. The molecule has 3 nitrogen and oxygen atoms in total. The van der Waals surface area contributed by atoms with E-state index in [1.165, 1.54) is 25.7 Å². The van der Waals surface area contributed by atoms with Crippen molar-refractivity contribution in [3.05, 3.63) is 0 Å². The molecule has 0 aromatic heterocycles. The van der Waals surface area contributed by atoms with Crippen LogP contribution in [-0.4, -0.2) is 37.0 Å². The molecule has 0 spiro atoms. The number of hydrogen-bond acceptors (Lipinski definition) is 2. The van der Waals surface area contributed by atoms with Crippen molar-refractivity contribution >= 4 is 5.91 Å². The van der Waals surface area contributed by atoms with E-state index >= 15 is 0 Å². The highest BCUT2D eigenvalue weighted by Crippen LogP contribution is 2.28. The third-order valence-corrected chi connectivity index (χ3v) is 4.14. The highest BCUT2D eigenvalue weighted by Gasteiger charge is 2.31. The summed E-state index contributed by atoms with van der Waals surface area (Å²) in [6, 6.07) is 0.0602. The van der Waals surface area contributed by atoms with Crippen LogP contribution in [0.4, 0.5) is 0 Å². The van der Waals surface area contributed by atoms with Gasteiger partial charge in [0, 0.05) is 13.1 Å². The molecule has 1 saturated heterocycles. The van der Waals surface area contributed by atoms with Crippen LogP contribution in [0.25, 0.3) is 0 Å².